The minimum Gasteiger partial charge on any atom is -0.497 e. The Hall–Kier alpha value is -1.85. The zero-order valence-corrected chi connectivity index (χ0v) is 12.1. The zero-order valence-electron chi connectivity index (χ0n) is 11.3. The van der Waals surface area contributed by atoms with Crippen LogP contribution in [0.15, 0.2) is 59.5 Å². The molecule has 0 spiro atoms. The molecule has 2 aromatic rings. The lowest BCUT2D eigenvalue weighted by Gasteiger charge is -2.15. The van der Waals surface area contributed by atoms with Gasteiger partial charge in [-0.3, -0.25) is 0 Å². The molecule has 0 radical (unpaired) electrons. The van der Waals surface area contributed by atoms with Crippen molar-refractivity contribution in [1.29, 1.82) is 0 Å². The van der Waals surface area contributed by atoms with Crippen LogP contribution in [0.5, 0.6) is 5.75 Å². The number of benzene rings is 2. The maximum Gasteiger partial charge on any atom is 0.190 e. The second kappa shape index (κ2) is 6.07. The van der Waals surface area contributed by atoms with E-state index < -0.39 is 15.1 Å². The molecule has 20 heavy (non-hydrogen) atoms. The molecule has 0 saturated carbocycles. The summed E-state index contributed by atoms with van der Waals surface area (Å²) in [5.41, 5.74) is 4.55. The quantitative estimate of drug-likeness (QED) is 0.906. The summed E-state index contributed by atoms with van der Waals surface area (Å²) in [7, 11) is -1.90. The minimum absolute atomic E-state index is 0.288. The van der Waals surface area contributed by atoms with Crippen LogP contribution in [0.2, 0.25) is 0 Å². The Labute approximate surface area is 119 Å². The Bertz CT molecular complexity index is 651. The predicted molar refractivity (Wildman–Crippen MR) is 77.1 cm³/mol. The van der Waals surface area contributed by atoms with E-state index in [0.29, 0.717) is 12.3 Å². The molecule has 0 aromatic heterocycles. The first-order valence-electron chi connectivity index (χ1n) is 6.31. The molecular weight excluding hydrogens is 274 g/mol. The van der Waals surface area contributed by atoms with Crippen molar-refractivity contribution in [2.45, 2.75) is 10.1 Å². The van der Waals surface area contributed by atoms with Gasteiger partial charge < -0.3 is 10.5 Å². The molecule has 0 unspecified atom stereocenters. The van der Waals surface area contributed by atoms with Crippen molar-refractivity contribution in [3.05, 3.63) is 60.2 Å². The number of hydrogen-bond acceptors (Lipinski definition) is 3. The van der Waals surface area contributed by atoms with Crippen LogP contribution < -0.4 is 10.5 Å². The van der Waals surface area contributed by atoms with E-state index in [-0.39, 0.29) is 4.90 Å². The molecule has 5 heteroatoms. The average molecular weight is 292 g/mol. The highest BCUT2D eigenvalue weighted by Gasteiger charge is 2.29. The lowest BCUT2D eigenvalue weighted by atomic mass is 10.1. The van der Waals surface area contributed by atoms with Crippen molar-refractivity contribution in [3.63, 3.8) is 0 Å². The Kier molecular flexibility index (Phi) is 4.42. The lowest BCUT2D eigenvalue weighted by Crippen LogP contribution is -2.54. The summed E-state index contributed by atoms with van der Waals surface area (Å²) >= 11 is 0. The summed E-state index contributed by atoms with van der Waals surface area (Å²) in [5.74, 6) is 0.634. The van der Waals surface area contributed by atoms with Gasteiger partial charge >= 0.3 is 0 Å². The smallest absolute Gasteiger partial charge is 0.190 e. The van der Waals surface area contributed by atoms with Crippen molar-refractivity contribution in [2.24, 2.45) is 0 Å². The first kappa shape index (κ1) is 14.6. The van der Waals surface area contributed by atoms with Gasteiger partial charge in [-0.15, -0.1) is 0 Å². The van der Waals surface area contributed by atoms with Crippen LogP contribution in [0, 0.1) is 0 Å². The topological polar surface area (TPSA) is 71.0 Å². The van der Waals surface area contributed by atoms with Gasteiger partial charge in [0, 0.05) is 0 Å². The van der Waals surface area contributed by atoms with Crippen LogP contribution in [0.4, 0.5) is 0 Å². The fourth-order valence-corrected chi connectivity index (χ4v) is 3.77. The molecule has 0 heterocycles. The highest BCUT2D eigenvalue weighted by Crippen LogP contribution is 2.28. The summed E-state index contributed by atoms with van der Waals surface area (Å²) in [6, 6.07) is 15.6. The average Bonchev–Trinajstić information content (AvgIpc) is 2.49. The fraction of sp³-hybridized carbons (Fsp3) is 0.200. The molecule has 3 N–H and O–H groups in total. The number of ether oxygens (including phenoxy) is 1. The number of sulfone groups is 1. The zero-order chi connectivity index (χ0) is 14.6. The number of methoxy groups -OCH3 is 1. The SMILES string of the molecule is COc1ccc(S(=O)(=O)[C@H](C[NH3+])c2ccccc2)cc1. The van der Waals surface area contributed by atoms with E-state index in [4.69, 9.17) is 4.74 Å². The van der Waals surface area contributed by atoms with E-state index >= 15 is 0 Å². The summed E-state index contributed by atoms with van der Waals surface area (Å²) in [6.07, 6.45) is 0. The standard InChI is InChI=1S/C15H17NO3S/c1-19-13-7-9-14(10-8-13)20(17,18)15(11-16)12-5-3-2-4-6-12/h2-10,15H,11,16H2,1H3/p+1/t15-/m1/s1. The summed E-state index contributed by atoms with van der Waals surface area (Å²) in [4.78, 5) is 0.288. The Balaban J connectivity index is 2.41. The van der Waals surface area contributed by atoms with Crippen molar-refractivity contribution in [3.8, 4) is 5.75 Å². The van der Waals surface area contributed by atoms with Crippen molar-refractivity contribution in [2.75, 3.05) is 13.7 Å². The monoisotopic (exact) mass is 292 g/mol. The Morgan fingerprint density at radius 3 is 2.15 bits per heavy atom. The molecule has 106 valence electrons. The molecule has 4 nitrogen and oxygen atoms in total. The van der Waals surface area contributed by atoms with Gasteiger partial charge in [0.25, 0.3) is 0 Å². The number of quaternary nitrogens is 1. The van der Waals surface area contributed by atoms with E-state index in [2.05, 4.69) is 5.73 Å². The number of rotatable bonds is 5. The van der Waals surface area contributed by atoms with Gasteiger partial charge in [-0.2, -0.15) is 0 Å². The van der Waals surface area contributed by atoms with Gasteiger partial charge in [-0.1, -0.05) is 30.3 Å². The molecular formula is C15H18NO3S+. The maximum absolute atomic E-state index is 12.7. The van der Waals surface area contributed by atoms with Crippen molar-refractivity contribution >= 4 is 9.84 Å². The van der Waals surface area contributed by atoms with E-state index in [1.165, 1.54) is 0 Å². The van der Waals surface area contributed by atoms with Gasteiger partial charge in [0.2, 0.25) is 0 Å². The second-order valence-corrected chi connectivity index (χ2v) is 6.54. The molecule has 2 aromatic carbocycles. The van der Waals surface area contributed by atoms with E-state index in [1.807, 2.05) is 30.3 Å². The minimum atomic E-state index is -3.45. The van der Waals surface area contributed by atoms with Crippen molar-refractivity contribution < 1.29 is 18.9 Å². The summed E-state index contributed by atoms with van der Waals surface area (Å²) in [6.45, 7) is 0.290. The molecule has 0 aliphatic rings. The van der Waals surface area contributed by atoms with Crippen LogP contribution in [0.25, 0.3) is 0 Å². The predicted octanol–water partition coefficient (Wildman–Crippen LogP) is 1.45. The van der Waals surface area contributed by atoms with Crippen LogP contribution in [0.3, 0.4) is 0 Å². The van der Waals surface area contributed by atoms with Crippen LogP contribution in [0.1, 0.15) is 10.8 Å². The van der Waals surface area contributed by atoms with Gasteiger partial charge in [-0.05, 0) is 29.8 Å². The Morgan fingerprint density at radius 2 is 1.65 bits per heavy atom. The van der Waals surface area contributed by atoms with E-state index in [0.717, 1.165) is 5.56 Å². The van der Waals surface area contributed by atoms with Gasteiger partial charge in [0.05, 0.1) is 18.6 Å². The third-order valence-electron chi connectivity index (χ3n) is 3.20. The van der Waals surface area contributed by atoms with Crippen LogP contribution in [-0.4, -0.2) is 22.1 Å². The molecule has 0 bridgehead atoms. The molecule has 0 saturated heterocycles. The summed E-state index contributed by atoms with van der Waals surface area (Å²) in [5, 5.41) is -0.628. The highest BCUT2D eigenvalue weighted by molar-refractivity contribution is 7.91. The molecule has 2 rings (SSSR count). The first-order valence-corrected chi connectivity index (χ1v) is 7.86. The third kappa shape index (κ3) is 2.84. The lowest BCUT2D eigenvalue weighted by molar-refractivity contribution is -0.367. The normalized spacial score (nSPS) is 12.9. The highest BCUT2D eigenvalue weighted by atomic mass is 32.2. The second-order valence-electron chi connectivity index (χ2n) is 4.41. The van der Waals surface area contributed by atoms with E-state index in [9.17, 15) is 8.42 Å². The summed E-state index contributed by atoms with van der Waals surface area (Å²) < 4.78 is 30.4. The maximum atomic E-state index is 12.7. The molecule has 0 aliphatic heterocycles. The largest absolute Gasteiger partial charge is 0.497 e. The molecule has 0 amide bonds. The van der Waals surface area contributed by atoms with Crippen LogP contribution >= 0.6 is 0 Å². The van der Waals surface area contributed by atoms with E-state index in [1.54, 1.807) is 31.4 Å². The van der Waals surface area contributed by atoms with Gasteiger partial charge in [0.15, 0.2) is 9.84 Å². The van der Waals surface area contributed by atoms with Gasteiger partial charge in [-0.25, -0.2) is 8.42 Å². The number of hydrogen-bond donors (Lipinski definition) is 1. The van der Waals surface area contributed by atoms with Crippen LogP contribution in [-0.2, 0) is 9.84 Å². The van der Waals surface area contributed by atoms with Gasteiger partial charge in [0.1, 0.15) is 11.0 Å². The molecule has 0 aliphatic carbocycles. The van der Waals surface area contributed by atoms with Crippen molar-refractivity contribution in [1.82, 2.24) is 0 Å². The molecule has 0 fully saturated rings. The first-order chi connectivity index (χ1) is 9.59. The fourth-order valence-electron chi connectivity index (χ4n) is 2.10. The third-order valence-corrected chi connectivity index (χ3v) is 5.38. The molecule has 1 atom stereocenters. The Morgan fingerprint density at radius 1 is 1.05 bits per heavy atom.